The number of hydrogen-bond donors (Lipinski definition) is 0. The fourth-order valence-electron chi connectivity index (χ4n) is 4.13. The Bertz CT molecular complexity index is 1350. The minimum absolute atomic E-state index is 0.777. The van der Waals surface area contributed by atoms with Crippen LogP contribution in [-0.2, 0) is 0 Å². The average molecular weight is 441 g/mol. The van der Waals surface area contributed by atoms with Crippen molar-refractivity contribution in [1.82, 2.24) is 0 Å². The fourth-order valence-corrected chi connectivity index (χ4v) is 5.18. The summed E-state index contributed by atoms with van der Waals surface area (Å²) in [7, 11) is 0.777. The molecular formula is C32H25P. The van der Waals surface area contributed by atoms with E-state index in [-0.39, 0.29) is 0 Å². The van der Waals surface area contributed by atoms with Crippen LogP contribution >= 0.6 is 8.58 Å². The molecule has 6 aromatic rings. The van der Waals surface area contributed by atoms with Gasteiger partial charge in [0, 0.05) is 0 Å². The summed E-state index contributed by atoms with van der Waals surface area (Å²) < 4.78 is 0. The van der Waals surface area contributed by atoms with Gasteiger partial charge in [-0.2, -0.15) is 0 Å². The molecule has 0 atom stereocenters. The van der Waals surface area contributed by atoms with Crippen molar-refractivity contribution in [2.24, 2.45) is 0 Å². The van der Waals surface area contributed by atoms with Crippen molar-refractivity contribution >= 4 is 40.7 Å². The van der Waals surface area contributed by atoms with Gasteiger partial charge in [0.2, 0.25) is 0 Å². The van der Waals surface area contributed by atoms with Gasteiger partial charge in [0.15, 0.2) is 0 Å². The third-order valence-corrected chi connectivity index (χ3v) is 6.95. The van der Waals surface area contributed by atoms with Crippen molar-refractivity contribution < 1.29 is 0 Å². The predicted molar refractivity (Wildman–Crippen MR) is 147 cm³/mol. The monoisotopic (exact) mass is 440 g/mol. The lowest BCUT2D eigenvalue weighted by Crippen LogP contribution is -2.01. The zero-order valence-electron chi connectivity index (χ0n) is 18.4. The Labute approximate surface area is 197 Å². The summed E-state index contributed by atoms with van der Waals surface area (Å²) in [5.41, 5.74) is 2.61. The highest BCUT2D eigenvalue weighted by molar-refractivity contribution is 7.55. The summed E-state index contributed by atoms with van der Waals surface area (Å²) in [6.45, 7) is 0. The minimum atomic E-state index is 0.777. The topological polar surface area (TPSA) is 0 Å². The maximum Gasteiger partial charge on any atom is -0.00992 e. The molecule has 0 heterocycles. The van der Waals surface area contributed by atoms with Crippen LogP contribution in [0, 0.1) is 0 Å². The maximum absolute atomic E-state index is 2.21. The Morgan fingerprint density at radius 2 is 0.667 bits per heavy atom. The number of fused-ring (bicyclic) bond motifs is 2. The first-order chi connectivity index (χ1) is 16.4. The minimum Gasteiger partial charge on any atom is -0.0622 e. The van der Waals surface area contributed by atoms with Gasteiger partial charge in [0.1, 0.15) is 0 Å². The van der Waals surface area contributed by atoms with Crippen molar-refractivity contribution in [3.05, 3.63) is 146 Å². The molecule has 0 amide bonds. The Hall–Kier alpha value is -3.73. The van der Waals surface area contributed by atoms with Crippen LogP contribution in [0.15, 0.2) is 146 Å². The highest BCUT2D eigenvalue weighted by Crippen LogP contribution is 2.33. The fraction of sp³-hybridized carbons (Fsp3) is 0. The first kappa shape index (κ1) is 21.1. The molecule has 0 N–H and O–H groups in total. The lowest BCUT2D eigenvalue weighted by Gasteiger charge is -2.10. The van der Waals surface area contributed by atoms with Gasteiger partial charge in [0.05, 0.1) is 0 Å². The molecule has 6 aromatic carbocycles. The predicted octanol–water partition coefficient (Wildman–Crippen LogP) is 7.98. The molecule has 0 aromatic heterocycles. The molecule has 0 saturated heterocycles. The number of benzene rings is 6. The second-order valence-corrected chi connectivity index (χ2v) is 9.32. The van der Waals surface area contributed by atoms with Crippen LogP contribution in [0.25, 0.3) is 32.7 Å². The lowest BCUT2D eigenvalue weighted by molar-refractivity contribution is 1.68. The van der Waals surface area contributed by atoms with E-state index in [0.717, 1.165) is 8.58 Å². The van der Waals surface area contributed by atoms with Crippen LogP contribution in [0.2, 0.25) is 0 Å². The summed E-state index contributed by atoms with van der Waals surface area (Å²) in [4.78, 5) is 0. The summed E-state index contributed by atoms with van der Waals surface area (Å²) in [5.74, 6) is 0. The van der Waals surface area contributed by atoms with Gasteiger partial charge in [-0.1, -0.05) is 154 Å². The van der Waals surface area contributed by atoms with Crippen molar-refractivity contribution in [1.29, 1.82) is 0 Å². The smallest absolute Gasteiger partial charge is 0.00992 e. The van der Waals surface area contributed by atoms with Crippen LogP contribution in [-0.4, -0.2) is 0 Å². The van der Waals surface area contributed by atoms with E-state index < -0.39 is 0 Å². The Morgan fingerprint density at radius 3 is 1.12 bits per heavy atom. The van der Waals surface area contributed by atoms with E-state index in [1.54, 1.807) is 0 Å². The standard InChI is InChI=1S/C20H14.C12H11P/c1-3-11-17-15(7-1)9-5-13-19(17)20-14-6-10-16-8-2-4-12-18(16)20;1-3-7-11(8-4-1)13-12-9-5-2-6-10-12/h1-14H;1-10,13H. The normalized spacial score (nSPS) is 10.5. The second kappa shape index (κ2) is 10.3. The zero-order valence-corrected chi connectivity index (χ0v) is 19.4. The molecule has 6 rings (SSSR count). The van der Waals surface area contributed by atoms with E-state index in [1.807, 2.05) is 0 Å². The first-order valence-electron chi connectivity index (χ1n) is 11.2. The maximum atomic E-state index is 2.21. The van der Waals surface area contributed by atoms with Gasteiger partial charge >= 0.3 is 0 Å². The molecule has 33 heavy (non-hydrogen) atoms. The molecule has 0 radical (unpaired) electrons. The van der Waals surface area contributed by atoms with Gasteiger partial charge in [0.25, 0.3) is 0 Å². The quantitative estimate of drug-likeness (QED) is 0.245. The third-order valence-electron chi connectivity index (χ3n) is 5.71. The summed E-state index contributed by atoms with van der Waals surface area (Å²) >= 11 is 0. The lowest BCUT2D eigenvalue weighted by atomic mass is 9.94. The summed E-state index contributed by atoms with van der Waals surface area (Å²) in [6, 6.07) is 51.3. The van der Waals surface area contributed by atoms with Crippen LogP contribution in [0.5, 0.6) is 0 Å². The zero-order chi connectivity index (χ0) is 22.3. The molecule has 0 fully saturated rings. The van der Waals surface area contributed by atoms with Crippen molar-refractivity contribution in [3.63, 3.8) is 0 Å². The van der Waals surface area contributed by atoms with Crippen molar-refractivity contribution in [2.45, 2.75) is 0 Å². The van der Waals surface area contributed by atoms with Crippen LogP contribution < -0.4 is 10.6 Å². The molecule has 0 spiro atoms. The SMILES string of the molecule is c1ccc(Pc2ccccc2)cc1.c1ccc2c(-c3cccc4ccccc34)cccc2c1. The van der Waals surface area contributed by atoms with Gasteiger partial charge in [-0.15, -0.1) is 0 Å². The van der Waals surface area contributed by atoms with E-state index in [9.17, 15) is 0 Å². The highest BCUT2D eigenvalue weighted by atomic mass is 31.1. The molecule has 0 nitrogen and oxygen atoms in total. The number of hydrogen-bond acceptors (Lipinski definition) is 0. The van der Waals surface area contributed by atoms with E-state index in [4.69, 9.17) is 0 Å². The molecule has 0 aliphatic carbocycles. The number of rotatable bonds is 3. The van der Waals surface area contributed by atoms with Crippen LogP contribution in [0.1, 0.15) is 0 Å². The molecular weight excluding hydrogens is 415 g/mol. The van der Waals surface area contributed by atoms with E-state index in [2.05, 4.69) is 146 Å². The van der Waals surface area contributed by atoms with Gasteiger partial charge in [-0.05, 0) is 43.3 Å². The molecule has 0 unspecified atom stereocenters. The average Bonchev–Trinajstić information content (AvgIpc) is 2.90. The van der Waals surface area contributed by atoms with E-state index >= 15 is 0 Å². The second-order valence-electron chi connectivity index (χ2n) is 7.91. The van der Waals surface area contributed by atoms with E-state index in [0.29, 0.717) is 0 Å². The van der Waals surface area contributed by atoms with Crippen molar-refractivity contribution in [2.75, 3.05) is 0 Å². The first-order valence-corrected chi connectivity index (χ1v) is 12.2. The highest BCUT2D eigenvalue weighted by Gasteiger charge is 2.06. The van der Waals surface area contributed by atoms with Crippen molar-refractivity contribution in [3.8, 4) is 11.1 Å². The van der Waals surface area contributed by atoms with Crippen LogP contribution in [0.4, 0.5) is 0 Å². The summed E-state index contributed by atoms with van der Waals surface area (Å²) in [6.07, 6.45) is 0. The van der Waals surface area contributed by atoms with Gasteiger partial charge < -0.3 is 0 Å². The van der Waals surface area contributed by atoms with Crippen LogP contribution in [0.3, 0.4) is 0 Å². The molecule has 0 bridgehead atoms. The molecule has 158 valence electrons. The largest absolute Gasteiger partial charge is 0.0622 e. The molecule has 0 aliphatic heterocycles. The van der Waals surface area contributed by atoms with Gasteiger partial charge in [-0.25, -0.2) is 0 Å². The van der Waals surface area contributed by atoms with Gasteiger partial charge in [-0.3, -0.25) is 0 Å². The summed E-state index contributed by atoms with van der Waals surface area (Å²) in [5, 5.41) is 8.00. The third kappa shape index (κ3) is 5.03. The van der Waals surface area contributed by atoms with E-state index in [1.165, 1.54) is 43.3 Å². The Kier molecular flexibility index (Phi) is 6.57. The molecule has 0 saturated carbocycles. The Balaban J connectivity index is 0.000000152. The Morgan fingerprint density at radius 1 is 0.303 bits per heavy atom. The molecule has 1 heteroatoms. The molecule has 0 aliphatic rings.